The number of piperidine rings is 1. The van der Waals surface area contributed by atoms with Crippen molar-refractivity contribution in [2.45, 2.75) is 31.9 Å². The fourth-order valence-corrected chi connectivity index (χ4v) is 3.06. The number of likely N-dealkylation sites (tertiary alicyclic amines) is 1. The highest BCUT2D eigenvalue weighted by Gasteiger charge is 2.31. The third kappa shape index (κ3) is 4.19. The van der Waals surface area contributed by atoms with Crippen LogP contribution in [0.2, 0.25) is 0 Å². The number of nitrogens with two attached hydrogens (primary N) is 1. The molecule has 0 bridgehead atoms. The van der Waals surface area contributed by atoms with Gasteiger partial charge in [-0.05, 0) is 37.5 Å². The molecular formula is C15H22BrClN2O2. The topological polar surface area (TPSA) is 55.6 Å². The molecule has 6 heteroatoms. The normalized spacial score (nSPS) is 21.8. The number of methoxy groups -OCH3 is 1. The maximum atomic E-state index is 12.7. The van der Waals surface area contributed by atoms with Crippen LogP contribution in [0.15, 0.2) is 22.7 Å². The van der Waals surface area contributed by atoms with Gasteiger partial charge in [0.2, 0.25) is 0 Å². The molecule has 0 radical (unpaired) electrons. The van der Waals surface area contributed by atoms with Crippen molar-refractivity contribution in [1.82, 2.24) is 4.90 Å². The summed E-state index contributed by atoms with van der Waals surface area (Å²) >= 11 is 3.43. The van der Waals surface area contributed by atoms with E-state index in [2.05, 4.69) is 15.9 Å². The highest BCUT2D eigenvalue weighted by molar-refractivity contribution is 9.10. The molecule has 2 atom stereocenters. The zero-order valence-electron chi connectivity index (χ0n) is 12.3. The van der Waals surface area contributed by atoms with Crippen LogP contribution in [0.3, 0.4) is 0 Å². The van der Waals surface area contributed by atoms with Gasteiger partial charge < -0.3 is 15.4 Å². The molecule has 0 spiro atoms. The Labute approximate surface area is 140 Å². The van der Waals surface area contributed by atoms with Crippen LogP contribution < -0.4 is 5.73 Å². The first-order valence-corrected chi connectivity index (χ1v) is 7.66. The van der Waals surface area contributed by atoms with E-state index >= 15 is 0 Å². The fraction of sp³-hybridized carbons (Fsp3) is 0.533. The van der Waals surface area contributed by atoms with Crippen LogP contribution in [0.25, 0.3) is 0 Å². The zero-order chi connectivity index (χ0) is 14.7. The molecule has 4 nitrogen and oxygen atoms in total. The number of rotatable bonds is 3. The third-order valence-electron chi connectivity index (χ3n) is 3.96. The van der Waals surface area contributed by atoms with E-state index in [0.29, 0.717) is 13.1 Å². The maximum Gasteiger partial charge on any atom is 0.254 e. The van der Waals surface area contributed by atoms with E-state index in [9.17, 15) is 4.79 Å². The molecule has 1 aliphatic heterocycles. The Balaban J connectivity index is 0.00000220. The van der Waals surface area contributed by atoms with E-state index in [-0.39, 0.29) is 30.5 Å². The number of amides is 1. The Bertz CT molecular complexity index is 499. The second-order valence-corrected chi connectivity index (χ2v) is 6.15. The lowest BCUT2D eigenvalue weighted by Gasteiger charge is -2.38. The second kappa shape index (κ2) is 8.13. The van der Waals surface area contributed by atoms with Crippen molar-refractivity contribution in [2.75, 3.05) is 20.2 Å². The Hall–Kier alpha value is -0.620. The largest absolute Gasteiger partial charge is 0.381 e. The molecule has 21 heavy (non-hydrogen) atoms. The van der Waals surface area contributed by atoms with Crippen molar-refractivity contribution >= 4 is 34.2 Å². The summed E-state index contributed by atoms with van der Waals surface area (Å²) in [6.07, 6.45) is 1.88. The smallest absolute Gasteiger partial charge is 0.254 e. The monoisotopic (exact) mass is 376 g/mol. The van der Waals surface area contributed by atoms with Gasteiger partial charge in [-0.1, -0.05) is 22.0 Å². The van der Waals surface area contributed by atoms with Gasteiger partial charge in [0.1, 0.15) is 0 Å². The number of carbonyl (C=O) groups excluding carboxylic acids is 1. The molecule has 1 aromatic rings. The number of benzene rings is 1. The van der Waals surface area contributed by atoms with Gasteiger partial charge in [-0.3, -0.25) is 4.79 Å². The number of ether oxygens (including phenoxy) is 1. The lowest BCUT2D eigenvalue weighted by molar-refractivity contribution is 0.0138. The second-order valence-electron chi connectivity index (χ2n) is 5.23. The zero-order valence-corrected chi connectivity index (χ0v) is 14.7. The minimum absolute atomic E-state index is 0. The molecule has 118 valence electrons. The first-order chi connectivity index (χ1) is 9.56. The number of hydrogen-bond donors (Lipinski definition) is 1. The average molecular weight is 378 g/mol. The summed E-state index contributed by atoms with van der Waals surface area (Å²) in [5, 5.41) is 0. The maximum absolute atomic E-state index is 12.7. The van der Waals surface area contributed by atoms with Crippen LogP contribution in [-0.2, 0) is 4.74 Å². The number of aryl methyl sites for hydroxylation is 1. The predicted molar refractivity (Wildman–Crippen MR) is 90.0 cm³/mol. The summed E-state index contributed by atoms with van der Waals surface area (Å²) in [7, 11) is 1.72. The van der Waals surface area contributed by atoms with Crippen LogP contribution in [-0.4, -0.2) is 43.2 Å². The van der Waals surface area contributed by atoms with Gasteiger partial charge in [0.15, 0.2) is 0 Å². The molecule has 1 saturated heterocycles. The average Bonchev–Trinajstić information content (AvgIpc) is 2.48. The third-order valence-corrected chi connectivity index (χ3v) is 4.46. The molecule has 1 fully saturated rings. The number of nitrogens with zero attached hydrogens (tertiary/aromatic N) is 1. The van der Waals surface area contributed by atoms with Crippen molar-refractivity contribution in [3.63, 3.8) is 0 Å². The lowest BCUT2D eigenvalue weighted by Crippen LogP contribution is -2.51. The molecule has 2 rings (SSSR count). The summed E-state index contributed by atoms with van der Waals surface area (Å²) < 4.78 is 6.32. The van der Waals surface area contributed by atoms with E-state index in [1.165, 1.54) is 0 Å². The van der Waals surface area contributed by atoms with Crippen molar-refractivity contribution < 1.29 is 9.53 Å². The van der Waals surface area contributed by atoms with E-state index in [4.69, 9.17) is 10.5 Å². The van der Waals surface area contributed by atoms with Gasteiger partial charge in [-0.2, -0.15) is 0 Å². The standard InChI is InChI=1S/C15H21BrN2O2.ClH/c1-10-3-4-11(16)7-14(10)15(19)18-6-5-13(20-2)8-12(18)9-17;/h3-4,7,12-13H,5-6,8-9,17H2,1-2H3;1H. The first-order valence-electron chi connectivity index (χ1n) is 6.86. The number of carbonyl (C=O) groups is 1. The van der Waals surface area contributed by atoms with E-state index in [1.54, 1.807) is 7.11 Å². The van der Waals surface area contributed by atoms with Gasteiger partial charge in [0.05, 0.1) is 6.10 Å². The molecule has 1 amide bonds. The van der Waals surface area contributed by atoms with Gasteiger partial charge in [0, 0.05) is 36.3 Å². The molecule has 0 saturated carbocycles. The minimum Gasteiger partial charge on any atom is -0.381 e. The summed E-state index contributed by atoms with van der Waals surface area (Å²) in [6.45, 7) is 3.13. The first kappa shape index (κ1) is 18.4. The van der Waals surface area contributed by atoms with Crippen molar-refractivity contribution in [1.29, 1.82) is 0 Å². The highest BCUT2D eigenvalue weighted by atomic mass is 79.9. The Kier molecular flexibility index (Phi) is 7.13. The quantitative estimate of drug-likeness (QED) is 0.881. The SMILES string of the molecule is COC1CCN(C(=O)c2cc(Br)ccc2C)C(CN)C1.Cl. The van der Waals surface area contributed by atoms with Gasteiger partial charge >= 0.3 is 0 Å². The molecule has 2 unspecified atom stereocenters. The van der Waals surface area contributed by atoms with Gasteiger partial charge in [0.25, 0.3) is 5.91 Å². The Morgan fingerprint density at radius 3 is 2.86 bits per heavy atom. The Morgan fingerprint density at radius 2 is 2.24 bits per heavy atom. The van der Waals surface area contributed by atoms with E-state index in [1.807, 2.05) is 30.0 Å². The van der Waals surface area contributed by atoms with Crippen LogP contribution >= 0.6 is 28.3 Å². The number of halogens is 2. The van der Waals surface area contributed by atoms with Crippen molar-refractivity contribution in [3.05, 3.63) is 33.8 Å². The molecule has 1 heterocycles. The number of hydrogen-bond acceptors (Lipinski definition) is 3. The summed E-state index contributed by atoms with van der Waals surface area (Å²) in [4.78, 5) is 14.6. The van der Waals surface area contributed by atoms with Crippen LogP contribution in [0.1, 0.15) is 28.8 Å². The van der Waals surface area contributed by atoms with E-state index in [0.717, 1.165) is 28.4 Å². The molecule has 1 aliphatic rings. The molecule has 0 aliphatic carbocycles. The Morgan fingerprint density at radius 1 is 1.52 bits per heavy atom. The molecule has 1 aromatic carbocycles. The molecular weight excluding hydrogens is 356 g/mol. The summed E-state index contributed by atoms with van der Waals surface area (Å²) in [5.74, 6) is 0.0637. The van der Waals surface area contributed by atoms with Crippen molar-refractivity contribution in [2.24, 2.45) is 5.73 Å². The van der Waals surface area contributed by atoms with Crippen LogP contribution in [0, 0.1) is 6.92 Å². The minimum atomic E-state index is 0. The molecule has 0 aromatic heterocycles. The van der Waals surface area contributed by atoms with Gasteiger partial charge in [-0.15, -0.1) is 12.4 Å². The summed E-state index contributed by atoms with van der Waals surface area (Å²) in [5.41, 5.74) is 7.57. The lowest BCUT2D eigenvalue weighted by atomic mass is 9.97. The summed E-state index contributed by atoms with van der Waals surface area (Å²) in [6, 6.07) is 5.84. The highest BCUT2D eigenvalue weighted by Crippen LogP contribution is 2.24. The van der Waals surface area contributed by atoms with Gasteiger partial charge in [-0.25, -0.2) is 0 Å². The van der Waals surface area contributed by atoms with Crippen molar-refractivity contribution in [3.8, 4) is 0 Å². The van der Waals surface area contributed by atoms with Crippen LogP contribution in [0.5, 0.6) is 0 Å². The van der Waals surface area contributed by atoms with Crippen LogP contribution in [0.4, 0.5) is 0 Å². The molecule has 2 N–H and O–H groups in total. The van der Waals surface area contributed by atoms with E-state index < -0.39 is 0 Å². The fourth-order valence-electron chi connectivity index (χ4n) is 2.70. The predicted octanol–water partition coefficient (Wildman–Crippen LogP) is 2.76.